The highest BCUT2D eigenvalue weighted by molar-refractivity contribution is 9.11. The van der Waals surface area contributed by atoms with Crippen molar-refractivity contribution < 1.29 is 9.18 Å². The minimum absolute atomic E-state index is 0.00699. The number of aliphatic imine (C=N–C) groups is 1. The molecule has 0 fully saturated rings. The van der Waals surface area contributed by atoms with Crippen molar-refractivity contribution in [2.75, 3.05) is 6.54 Å². The van der Waals surface area contributed by atoms with E-state index in [9.17, 15) is 9.18 Å². The molecule has 1 aromatic carbocycles. The van der Waals surface area contributed by atoms with E-state index in [4.69, 9.17) is 5.73 Å². The van der Waals surface area contributed by atoms with Crippen LogP contribution in [0.3, 0.4) is 0 Å². The summed E-state index contributed by atoms with van der Waals surface area (Å²) in [6, 6.07) is 5.81. The van der Waals surface area contributed by atoms with Gasteiger partial charge in [-0.2, -0.15) is 0 Å². The molecule has 17 heavy (non-hydrogen) atoms. The van der Waals surface area contributed by atoms with Crippen LogP contribution in [-0.2, 0) is 0 Å². The summed E-state index contributed by atoms with van der Waals surface area (Å²) in [6.45, 7) is 0.143. The number of nitrogens with two attached hydrogens (primary N) is 1. The Balaban J connectivity index is 2.31. The van der Waals surface area contributed by atoms with Crippen molar-refractivity contribution >= 4 is 27.7 Å². The molecule has 0 saturated heterocycles. The quantitative estimate of drug-likeness (QED) is 0.804. The van der Waals surface area contributed by atoms with E-state index in [1.54, 1.807) is 6.07 Å². The highest BCUT2D eigenvalue weighted by Crippen LogP contribution is 2.20. The smallest absolute Gasteiger partial charge is 0.262 e. The van der Waals surface area contributed by atoms with E-state index >= 15 is 0 Å². The highest BCUT2D eigenvalue weighted by atomic mass is 79.9. The summed E-state index contributed by atoms with van der Waals surface area (Å²) < 4.78 is 13.9. The molecule has 6 heteroatoms. The SMILES string of the molecule is NC1=NC=C(Br)N(C(=O)c2ccccc2F)C1. The average molecular weight is 298 g/mol. The average Bonchev–Trinajstić information content (AvgIpc) is 2.32. The van der Waals surface area contributed by atoms with Crippen molar-refractivity contribution in [3.8, 4) is 0 Å². The van der Waals surface area contributed by atoms with Crippen LogP contribution in [0.15, 0.2) is 40.1 Å². The van der Waals surface area contributed by atoms with E-state index in [1.807, 2.05) is 0 Å². The lowest BCUT2D eigenvalue weighted by atomic mass is 10.2. The molecule has 0 aromatic heterocycles. The van der Waals surface area contributed by atoms with Crippen molar-refractivity contribution in [1.29, 1.82) is 0 Å². The fraction of sp³-hybridized carbons (Fsp3) is 0.0909. The maximum Gasteiger partial charge on any atom is 0.262 e. The molecule has 2 N–H and O–H groups in total. The Morgan fingerprint density at radius 1 is 1.47 bits per heavy atom. The van der Waals surface area contributed by atoms with Gasteiger partial charge in [0.1, 0.15) is 16.3 Å². The summed E-state index contributed by atoms with van der Waals surface area (Å²) in [4.78, 5) is 17.3. The summed E-state index contributed by atoms with van der Waals surface area (Å²) in [5.74, 6) is -0.708. The Morgan fingerprint density at radius 2 is 2.18 bits per heavy atom. The Morgan fingerprint density at radius 3 is 2.88 bits per heavy atom. The van der Waals surface area contributed by atoms with Gasteiger partial charge in [0.05, 0.1) is 18.3 Å². The first kappa shape index (κ1) is 11.8. The van der Waals surface area contributed by atoms with Crippen molar-refractivity contribution in [2.24, 2.45) is 10.7 Å². The van der Waals surface area contributed by atoms with Crippen LogP contribution in [0.1, 0.15) is 10.4 Å². The number of nitrogens with zero attached hydrogens (tertiary/aromatic N) is 2. The molecule has 0 aliphatic carbocycles. The molecule has 1 heterocycles. The predicted octanol–water partition coefficient (Wildman–Crippen LogP) is 1.83. The monoisotopic (exact) mass is 297 g/mol. The van der Waals surface area contributed by atoms with E-state index < -0.39 is 11.7 Å². The van der Waals surface area contributed by atoms with Crippen LogP contribution in [-0.4, -0.2) is 23.2 Å². The molecule has 2 rings (SSSR count). The predicted molar refractivity (Wildman–Crippen MR) is 66.1 cm³/mol. The van der Waals surface area contributed by atoms with Crippen LogP contribution in [0.2, 0.25) is 0 Å². The maximum absolute atomic E-state index is 13.5. The largest absolute Gasteiger partial charge is 0.386 e. The van der Waals surface area contributed by atoms with Crippen molar-refractivity contribution in [1.82, 2.24) is 4.90 Å². The zero-order chi connectivity index (χ0) is 12.4. The summed E-state index contributed by atoms with van der Waals surface area (Å²) in [5, 5.41) is 0. The van der Waals surface area contributed by atoms with Crippen LogP contribution in [0.4, 0.5) is 4.39 Å². The van der Waals surface area contributed by atoms with E-state index in [2.05, 4.69) is 20.9 Å². The molecule has 0 saturated carbocycles. The van der Waals surface area contributed by atoms with Gasteiger partial charge in [-0.3, -0.25) is 9.69 Å². The van der Waals surface area contributed by atoms with E-state index in [0.29, 0.717) is 10.4 Å². The fourth-order valence-corrected chi connectivity index (χ4v) is 1.82. The van der Waals surface area contributed by atoms with Gasteiger partial charge in [0.15, 0.2) is 0 Å². The number of hydrogen-bond donors (Lipinski definition) is 1. The third-order valence-corrected chi connectivity index (χ3v) is 2.90. The van der Waals surface area contributed by atoms with Gasteiger partial charge in [0.25, 0.3) is 5.91 Å². The first-order chi connectivity index (χ1) is 8.09. The minimum atomic E-state index is -0.557. The summed E-state index contributed by atoms with van der Waals surface area (Å²) in [5.41, 5.74) is 5.55. The van der Waals surface area contributed by atoms with E-state index in [1.165, 1.54) is 29.3 Å². The number of amides is 1. The summed E-state index contributed by atoms with van der Waals surface area (Å²) >= 11 is 3.19. The number of rotatable bonds is 1. The van der Waals surface area contributed by atoms with Crippen LogP contribution < -0.4 is 5.73 Å². The number of amidine groups is 1. The Kier molecular flexibility index (Phi) is 3.23. The molecule has 1 amide bonds. The second-order valence-corrected chi connectivity index (χ2v) is 4.26. The molecular formula is C11H9BrFN3O. The van der Waals surface area contributed by atoms with Gasteiger partial charge in [-0.05, 0) is 28.1 Å². The molecule has 88 valence electrons. The first-order valence-electron chi connectivity index (χ1n) is 4.84. The number of hydrogen-bond acceptors (Lipinski definition) is 3. The molecule has 0 radical (unpaired) electrons. The van der Waals surface area contributed by atoms with Crippen molar-refractivity contribution in [2.45, 2.75) is 0 Å². The standard InChI is InChI=1S/C11H9BrFN3O/c12-9-5-15-10(14)6-16(9)11(17)7-3-1-2-4-8(7)13/h1-5H,6H2,(H2,14,15). The lowest BCUT2D eigenvalue weighted by Gasteiger charge is -2.24. The van der Waals surface area contributed by atoms with Crippen LogP contribution in [0, 0.1) is 5.82 Å². The summed E-state index contributed by atoms with van der Waals surface area (Å²) in [6.07, 6.45) is 1.41. The van der Waals surface area contributed by atoms with E-state index in [-0.39, 0.29) is 12.1 Å². The molecule has 0 atom stereocenters. The third kappa shape index (κ3) is 2.36. The summed E-state index contributed by atoms with van der Waals surface area (Å²) in [7, 11) is 0. The van der Waals surface area contributed by atoms with Gasteiger partial charge in [-0.25, -0.2) is 9.38 Å². The van der Waals surface area contributed by atoms with Gasteiger partial charge >= 0.3 is 0 Å². The molecule has 1 aliphatic heterocycles. The molecule has 0 unspecified atom stereocenters. The number of carbonyl (C=O) groups excluding carboxylic acids is 1. The molecular weight excluding hydrogens is 289 g/mol. The number of benzene rings is 1. The molecule has 0 spiro atoms. The molecule has 4 nitrogen and oxygen atoms in total. The Bertz CT molecular complexity index is 527. The topological polar surface area (TPSA) is 58.7 Å². The maximum atomic E-state index is 13.5. The van der Waals surface area contributed by atoms with Crippen molar-refractivity contribution in [3.05, 3.63) is 46.5 Å². The number of carbonyl (C=O) groups is 1. The van der Waals surface area contributed by atoms with Gasteiger partial charge in [0, 0.05) is 0 Å². The van der Waals surface area contributed by atoms with Crippen LogP contribution in [0.25, 0.3) is 0 Å². The minimum Gasteiger partial charge on any atom is -0.386 e. The van der Waals surface area contributed by atoms with Gasteiger partial charge in [0.2, 0.25) is 0 Å². The Hall–Kier alpha value is -1.69. The first-order valence-corrected chi connectivity index (χ1v) is 5.63. The van der Waals surface area contributed by atoms with Crippen molar-refractivity contribution in [3.63, 3.8) is 0 Å². The van der Waals surface area contributed by atoms with E-state index in [0.717, 1.165) is 0 Å². The number of halogens is 2. The Labute approximate surface area is 106 Å². The molecule has 1 aromatic rings. The van der Waals surface area contributed by atoms with Gasteiger partial charge in [-0.1, -0.05) is 12.1 Å². The fourth-order valence-electron chi connectivity index (χ4n) is 1.43. The van der Waals surface area contributed by atoms with Gasteiger partial charge < -0.3 is 5.73 Å². The lowest BCUT2D eigenvalue weighted by molar-refractivity contribution is 0.0829. The normalized spacial score (nSPS) is 15.3. The lowest BCUT2D eigenvalue weighted by Crippen LogP contribution is -2.38. The second-order valence-electron chi connectivity index (χ2n) is 3.44. The molecule has 1 aliphatic rings. The van der Waals surface area contributed by atoms with Gasteiger partial charge in [-0.15, -0.1) is 0 Å². The zero-order valence-electron chi connectivity index (χ0n) is 8.73. The third-order valence-electron chi connectivity index (χ3n) is 2.26. The zero-order valence-corrected chi connectivity index (χ0v) is 10.3. The highest BCUT2D eigenvalue weighted by Gasteiger charge is 2.23. The molecule has 0 bridgehead atoms. The van der Waals surface area contributed by atoms with Crippen LogP contribution in [0.5, 0.6) is 0 Å². The second kappa shape index (κ2) is 4.67. The van der Waals surface area contributed by atoms with Crippen LogP contribution >= 0.6 is 15.9 Å².